The lowest BCUT2D eigenvalue weighted by atomic mass is 9.92. The molecule has 0 bridgehead atoms. The Hall–Kier alpha value is -1.78. The number of aryl methyl sites for hydroxylation is 1. The van der Waals surface area contributed by atoms with Gasteiger partial charge in [-0.15, -0.1) is 0 Å². The molecule has 0 aromatic heterocycles. The Kier molecular flexibility index (Phi) is 8.92. The fourth-order valence-electron chi connectivity index (χ4n) is 4.66. The number of hydrogen-bond acceptors (Lipinski definition) is 5. The fraction of sp³-hybridized carbons (Fsp3) is 0.708. The lowest BCUT2D eigenvalue weighted by molar-refractivity contribution is -0.140. The van der Waals surface area contributed by atoms with E-state index in [1.807, 2.05) is 13.8 Å². The van der Waals surface area contributed by atoms with E-state index in [0.717, 1.165) is 29.3 Å². The fourth-order valence-corrected chi connectivity index (χ4v) is 6.42. The second-order valence-corrected chi connectivity index (χ2v) is 11.6. The van der Waals surface area contributed by atoms with Crippen LogP contribution in [0.3, 0.4) is 0 Å². The predicted molar refractivity (Wildman–Crippen MR) is 125 cm³/mol. The second-order valence-electron chi connectivity index (χ2n) is 9.70. The van der Waals surface area contributed by atoms with Gasteiger partial charge in [0.2, 0.25) is 15.9 Å². The van der Waals surface area contributed by atoms with Crippen molar-refractivity contribution in [2.75, 3.05) is 19.7 Å². The minimum Gasteiger partial charge on any atom is -0.492 e. The number of nitrogens with one attached hydrogen (secondary N) is 1. The smallest absolute Gasteiger partial charge is 0.322 e. The summed E-state index contributed by atoms with van der Waals surface area (Å²) in [6.07, 6.45) is 3.40. The third-order valence-electron chi connectivity index (χ3n) is 6.72. The summed E-state index contributed by atoms with van der Waals surface area (Å²) in [6.45, 7) is 5.11. The molecule has 1 unspecified atom stereocenters. The van der Waals surface area contributed by atoms with Gasteiger partial charge in [0.25, 0.3) is 0 Å². The molecule has 3 rings (SSSR count). The van der Waals surface area contributed by atoms with Crippen LogP contribution in [0, 0.1) is 12.8 Å². The minimum absolute atomic E-state index is 0.00535. The SMILES string of the molecule is Cc1ccc(S(=O)(=O)N2CCC[C@H]2C(=O)O)c(OCC(C)CCCNC2CCC(F)(F)CC2)c1. The van der Waals surface area contributed by atoms with Crippen LogP contribution in [0.4, 0.5) is 8.78 Å². The highest BCUT2D eigenvalue weighted by Crippen LogP contribution is 2.34. The van der Waals surface area contributed by atoms with E-state index in [9.17, 15) is 27.1 Å². The van der Waals surface area contributed by atoms with E-state index in [2.05, 4.69) is 5.32 Å². The number of rotatable bonds is 11. The number of aliphatic carboxylic acids is 1. The van der Waals surface area contributed by atoms with Gasteiger partial charge in [-0.3, -0.25) is 4.79 Å². The first-order valence-electron chi connectivity index (χ1n) is 12.1. The molecule has 2 aliphatic rings. The quantitative estimate of drug-likeness (QED) is 0.441. The summed E-state index contributed by atoms with van der Waals surface area (Å²) in [4.78, 5) is 11.5. The summed E-state index contributed by atoms with van der Waals surface area (Å²) in [5, 5.41) is 12.8. The van der Waals surface area contributed by atoms with Crippen molar-refractivity contribution in [3.63, 3.8) is 0 Å². The molecule has 1 heterocycles. The lowest BCUT2D eigenvalue weighted by Crippen LogP contribution is -2.40. The van der Waals surface area contributed by atoms with Gasteiger partial charge >= 0.3 is 5.97 Å². The van der Waals surface area contributed by atoms with Crippen LogP contribution in [0.1, 0.15) is 63.9 Å². The molecular weight excluding hydrogens is 466 g/mol. The van der Waals surface area contributed by atoms with Crippen molar-refractivity contribution in [2.45, 2.75) is 88.1 Å². The van der Waals surface area contributed by atoms with E-state index in [4.69, 9.17) is 4.74 Å². The van der Waals surface area contributed by atoms with Gasteiger partial charge in [0, 0.05) is 25.4 Å². The summed E-state index contributed by atoms with van der Waals surface area (Å²) in [7, 11) is -4.01. The van der Waals surface area contributed by atoms with Gasteiger partial charge in [-0.1, -0.05) is 13.0 Å². The molecule has 1 saturated carbocycles. The normalized spacial score (nSPS) is 22.5. The van der Waals surface area contributed by atoms with Gasteiger partial charge < -0.3 is 15.2 Å². The number of carbonyl (C=O) groups is 1. The zero-order valence-corrected chi connectivity index (χ0v) is 20.8. The average molecular weight is 503 g/mol. The Morgan fingerprint density at radius 2 is 2.00 bits per heavy atom. The topological polar surface area (TPSA) is 95.9 Å². The van der Waals surface area contributed by atoms with Gasteiger partial charge in [-0.2, -0.15) is 4.31 Å². The van der Waals surface area contributed by atoms with Gasteiger partial charge in [0.15, 0.2) is 0 Å². The summed E-state index contributed by atoms with van der Waals surface area (Å²) in [5.41, 5.74) is 0.847. The van der Waals surface area contributed by atoms with E-state index >= 15 is 0 Å². The van der Waals surface area contributed by atoms with Crippen molar-refractivity contribution in [3.05, 3.63) is 23.8 Å². The molecule has 34 heavy (non-hydrogen) atoms. The molecule has 2 atom stereocenters. The highest BCUT2D eigenvalue weighted by molar-refractivity contribution is 7.89. The first-order valence-corrected chi connectivity index (χ1v) is 13.5. The molecule has 1 aliphatic carbocycles. The number of halogens is 2. The van der Waals surface area contributed by atoms with Crippen molar-refractivity contribution in [1.82, 2.24) is 9.62 Å². The van der Waals surface area contributed by atoms with E-state index < -0.39 is 28.0 Å². The molecule has 1 saturated heterocycles. The number of ether oxygens (including phenoxy) is 1. The highest BCUT2D eigenvalue weighted by atomic mass is 32.2. The average Bonchev–Trinajstić information content (AvgIpc) is 3.27. The molecule has 0 amide bonds. The number of nitrogens with zero attached hydrogens (tertiary/aromatic N) is 1. The third kappa shape index (κ3) is 6.88. The summed E-state index contributed by atoms with van der Waals surface area (Å²) in [6, 6.07) is 3.93. The Morgan fingerprint density at radius 1 is 1.29 bits per heavy atom. The number of sulfonamides is 1. The van der Waals surface area contributed by atoms with E-state index in [0.29, 0.717) is 32.3 Å². The largest absolute Gasteiger partial charge is 0.492 e. The van der Waals surface area contributed by atoms with E-state index in [1.54, 1.807) is 12.1 Å². The molecule has 1 aromatic carbocycles. The maximum absolute atomic E-state index is 13.3. The molecular formula is C24H36F2N2O5S. The lowest BCUT2D eigenvalue weighted by Gasteiger charge is -2.29. The van der Waals surface area contributed by atoms with Crippen LogP contribution < -0.4 is 10.1 Å². The number of carboxylic acids is 1. The predicted octanol–water partition coefficient (Wildman–Crippen LogP) is 4.20. The minimum atomic E-state index is -4.01. The van der Waals surface area contributed by atoms with Crippen LogP contribution in [-0.4, -0.2) is 61.5 Å². The van der Waals surface area contributed by atoms with E-state index in [1.165, 1.54) is 6.07 Å². The third-order valence-corrected chi connectivity index (χ3v) is 8.67. The van der Waals surface area contributed by atoms with Crippen molar-refractivity contribution < 1.29 is 31.8 Å². The Morgan fingerprint density at radius 3 is 2.68 bits per heavy atom. The van der Waals surface area contributed by atoms with Crippen LogP contribution in [0.25, 0.3) is 0 Å². The van der Waals surface area contributed by atoms with Crippen LogP contribution in [0.2, 0.25) is 0 Å². The van der Waals surface area contributed by atoms with Gasteiger partial charge in [-0.05, 0) is 75.6 Å². The molecule has 1 aromatic rings. The molecule has 2 N–H and O–H groups in total. The molecule has 7 nitrogen and oxygen atoms in total. The number of carboxylic acid groups (broad SMARTS) is 1. The summed E-state index contributed by atoms with van der Waals surface area (Å²) >= 11 is 0. The summed E-state index contributed by atoms with van der Waals surface area (Å²) < 4.78 is 60.0. The molecule has 2 fully saturated rings. The maximum Gasteiger partial charge on any atom is 0.322 e. The van der Waals surface area contributed by atoms with Crippen molar-refractivity contribution >= 4 is 16.0 Å². The molecule has 0 spiro atoms. The second kappa shape index (κ2) is 11.3. The zero-order chi connectivity index (χ0) is 24.9. The monoisotopic (exact) mass is 502 g/mol. The Labute approximate surface area is 200 Å². The number of alkyl halides is 2. The van der Waals surface area contributed by atoms with E-state index in [-0.39, 0.29) is 42.0 Å². The number of benzene rings is 1. The first-order chi connectivity index (χ1) is 16.0. The van der Waals surface area contributed by atoms with Crippen LogP contribution >= 0.6 is 0 Å². The molecule has 1 aliphatic heterocycles. The van der Waals surface area contributed by atoms with Crippen LogP contribution in [0.15, 0.2) is 23.1 Å². The Balaban J connectivity index is 1.52. The first kappa shape index (κ1) is 26.8. The summed E-state index contributed by atoms with van der Waals surface area (Å²) in [5.74, 6) is -3.26. The highest BCUT2D eigenvalue weighted by Gasteiger charge is 2.40. The van der Waals surface area contributed by atoms with Gasteiger partial charge in [0.05, 0.1) is 6.61 Å². The van der Waals surface area contributed by atoms with Crippen LogP contribution in [0.5, 0.6) is 5.75 Å². The maximum atomic E-state index is 13.3. The van der Waals surface area contributed by atoms with Crippen LogP contribution in [-0.2, 0) is 14.8 Å². The van der Waals surface area contributed by atoms with Gasteiger partial charge in [-0.25, -0.2) is 17.2 Å². The van der Waals surface area contributed by atoms with Gasteiger partial charge in [0.1, 0.15) is 16.7 Å². The molecule has 192 valence electrons. The Bertz CT molecular complexity index is 947. The zero-order valence-electron chi connectivity index (χ0n) is 19.9. The van der Waals surface area contributed by atoms with Crippen molar-refractivity contribution in [3.8, 4) is 5.75 Å². The van der Waals surface area contributed by atoms with Crippen molar-refractivity contribution in [2.24, 2.45) is 5.92 Å². The van der Waals surface area contributed by atoms with Crippen molar-refractivity contribution in [1.29, 1.82) is 0 Å². The standard InChI is InChI=1S/C24H36F2N2O5S/c1-17-7-8-22(34(31,32)28-14-4-6-20(28)23(29)30)21(15-17)33-16-18(2)5-3-13-27-19-9-11-24(25,26)12-10-19/h7-8,15,18-20,27H,3-6,9-14,16H2,1-2H3,(H,29,30)/t18?,20-/m0/s1. The number of hydrogen-bond donors (Lipinski definition) is 2. The molecule has 0 radical (unpaired) electrons. The molecule has 10 heteroatoms.